The van der Waals surface area contributed by atoms with Gasteiger partial charge in [0.1, 0.15) is 17.7 Å². The molecule has 0 fully saturated rings. The molecule has 0 aliphatic rings. The Hall–Kier alpha value is -3.26. The lowest BCUT2D eigenvalue weighted by atomic mass is 10.0. The first-order chi connectivity index (χ1) is 12.9. The normalized spacial score (nSPS) is 11.8. The summed E-state index contributed by atoms with van der Waals surface area (Å²) in [6, 6.07) is 8.53. The number of nitro groups is 1. The summed E-state index contributed by atoms with van der Waals surface area (Å²) in [6.45, 7) is 0. The molecule has 2 aromatic carbocycles. The van der Waals surface area contributed by atoms with Gasteiger partial charge in [-0.1, -0.05) is 23.7 Å². The number of nitrogens with one attached hydrogen (secondary N) is 1. The Bertz CT molecular complexity index is 1000. The summed E-state index contributed by atoms with van der Waals surface area (Å²) in [6.07, 6.45) is 3.27. The summed E-state index contributed by atoms with van der Waals surface area (Å²) >= 11 is 6.05. The highest BCUT2D eigenvalue weighted by Gasteiger charge is 2.24. The monoisotopic (exact) mass is 388 g/mol. The maximum Gasteiger partial charge on any atom is 0.270 e. The molecule has 9 heteroatoms. The van der Waals surface area contributed by atoms with Gasteiger partial charge in [0, 0.05) is 31.6 Å². The molecule has 0 saturated carbocycles. The molecule has 3 rings (SSSR count). The lowest BCUT2D eigenvalue weighted by Gasteiger charge is -2.19. The molecule has 0 saturated heterocycles. The Morgan fingerprint density at radius 2 is 2.00 bits per heavy atom. The number of carbonyl (C=O) groups is 1. The Morgan fingerprint density at radius 3 is 2.59 bits per heavy atom. The van der Waals surface area contributed by atoms with Gasteiger partial charge in [-0.2, -0.15) is 0 Å². The van der Waals surface area contributed by atoms with E-state index in [4.69, 9.17) is 11.6 Å². The van der Waals surface area contributed by atoms with E-state index in [1.807, 2.05) is 0 Å². The summed E-state index contributed by atoms with van der Waals surface area (Å²) in [7, 11) is 1.76. The van der Waals surface area contributed by atoms with Crippen molar-refractivity contribution in [3.05, 3.63) is 92.8 Å². The highest BCUT2D eigenvalue weighted by Crippen LogP contribution is 2.25. The first kappa shape index (κ1) is 18.5. The van der Waals surface area contributed by atoms with Crippen molar-refractivity contribution < 1.29 is 14.1 Å². The minimum absolute atomic E-state index is 0.0350. The highest BCUT2D eigenvalue weighted by atomic mass is 35.5. The largest absolute Gasteiger partial charge is 0.338 e. The number of imidazole rings is 1. The fourth-order valence-electron chi connectivity index (χ4n) is 2.62. The van der Waals surface area contributed by atoms with E-state index < -0.39 is 22.7 Å². The summed E-state index contributed by atoms with van der Waals surface area (Å²) in [5, 5.41) is 13.8. The zero-order chi connectivity index (χ0) is 19.6. The number of non-ortho nitro benzene ring substituents is 1. The van der Waals surface area contributed by atoms with Crippen LogP contribution in [0.4, 0.5) is 10.1 Å². The van der Waals surface area contributed by atoms with Crippen molar-refractivity contribution in [1.29, 1.82) is 0 Å². The fraction of sp³-hybridized carbons (Fsp3) is 0.111. The summed E-state index contributed by atoms with van der Waals surface area (Å²) < 4.78 is 15.0. The zero-order valence-electron chi connectivity index (χ0n) is 14.1. The predicted octanol–water partition coefficient (Wildman–Crippen LogP) is 3.64. The number of aryl methyl sites for hydroxylation is 1. The molecule has 0 aliphatic carbocycles. The third kappa shape index (κ3) is 3.95. The van der Waals surface area contributed by atoms with Gasteiger partial charge in [0.2, 0.25) is 0 Å². The summed E-state index contributed by atoms with van der Waals surface area (Å²) in [5.74, 6) is -0.511. The van der Waals surface area contributed by atoms with Crippen molar-refractivity contribution in [2.45, 2.75) is 6.04 Å². The average Bonchev–Trinajstić information content (AvgIpc) is 3.06. The van der Waals surface area contributed by atoms with Gasteiger partial charge >= 0.3 is 0 Å². The zero-order valence-corrected chi connectivity index (χ0v) is 14.9. The van der Waals surface area contributed by atoms with Gasteiger partial charge < -0.3 is 9.88 Å². The van der Waals surface area contributed by atoms with Crippen LogP contribution in [0.5, 0.6) is 0 Å². The van der Waals surface area contributed by atoms with Crippen LogP contribution in [0.15, 0.2) is 54.9 Å². The topological polar surface area (TPSA) is 90.1 Å². The molecule has 1 N–H and O–H groups in total. The third-order valence-electron chi connectivity index (χ3n) is 4.00. The number of carbonyl (C=O) groups excluding carboxylic acids is 1. The molecule has 0 spiro atoms. The Labute approximate surface area is 158 Å². The second-order valence-corrected chi connectivity index (χ2v) is 6.18. The molecule has 27 heavy (non-hydrogen) atoms. The molecule has 1 aromatic heterocycles. The SMILES string of the molecule is Cn1ccnc1C(NC(=O)c1cc([N+](=O)[O-])ccc1Cl)c1ccc(F)cc1. The van der Waals surface area contributed by atoms with E-state index in [-0.39, 0.29) is 16.3 Å². The van der Waals surface area contributed by atoms with Crippen molar-refractivity contribution >= 4 is 23.2 Å². The standard InChI is InChI=1S/C18H14ClFN4O3/c1-23-9-8-21-17(23)16(11-2-4-12(20)5-3-11)22-18(25)14-10-13(24(26)27)6-7-15(14)19/h2-10,16H,1H3,(H,22,25). The van der Waals surface area contributed by atoms with E-state index in [0.717, 1.165) is 6.07 Å². The van der Waals surface area contributed by atoms with Gasteiger partial charge in [0.25, 0.3) is 11.6 Å². The second-order valence-electron chi connectivity index (χ2n) is 5.78. The van der Waals surface area contributed by atoms with Gasteiger partial charge in [0.05, 0.1) is 15.5 Å². The molecule has 0 bridgehead atoms. The lowest BCUT2D eigenvalue weighted by Crippen LogP contribution is -2.31. The van der Waals surface area contributed by atoms with Crippen LogP contribution in [0.25, 0.3) is 0 Å². The number of amides is 1. The second kappa shape index (κ2) is 7.55. The van der Waals surface area contributed by atoms with E-state index in [2.05, 4.69) is 10.3 Å². The van der Waals surface area contributed by atoms with Crippen LogP contribution < -0.4 is 5.32 Å². The highest BCUT2D eigenvalue weighted by molar-refractivity contribution is 6.34. The lowest BCUT2D eigenvalue weighted by molar-refractivity contribution is -0.384. The van der Waals surface area contributed by atoms with Gasteiger partial charge in [-0.3, -0.25) is 14.9 Å². The number of aromatic nitrogens is 2. The quantitative estimate of drug-likeness (QED) is 0.533. The van der Waals surface area contributed by atoms with E-state index >= 15 is 0 Å². The number of halogens is 2. The van der Waals surface area contributed by atoms with Crippen molar-refractivity contribution in [2.75, 3.05) is 0 Å². The number of hydrogen-bond acceptors (Lipinski definition) is 4. The predicted molar refractivity (Wildman–Crippen MR) is 97.0 cm³/mol. The fourth-order valence-corrected chi connectivity index (χ4v) is 2.82. The minimum Gasteiger partial charge on any atom is -0.338 e. The Morgan fingerprint density at radius 1 is 1.30 bits per heavy atom. The summed E-state index contributed by atoms with van der Waals surface area (Å²) in [5.41, 5.74) is 0.313. The number of nitro benzene ring substituents is 1. The molecular formula is C18H14ClFN4O3. The number of benzene rings is 2. The van der Waals surface area contributed by atoms with E-state index in [0.29, 0.717) is 11.4 Å². The molecule has 0 radical (unpaired) electrons. The molecular weight excluding hydrogens is 375 g/mol. The molecule has 1 heterocycles. The smallest absolute Gasteiger partial charge is 0.270 e. The minimum atomic E-state index is -0.701. The van der Waals surface area contributed by atoms with Gasteiger partial charge in [-0.25, -0.2) is 9.37 Å². The molecule has 1 unspecified atom stereocenters. The molecule has 7 nitrogen and oxygen atoms in total. The van der Waals surface area contributed by atoms with E-state index in [1.54, 1.807) is 24.0 Å². The van der Waals surface area contributed by atoms with Crippen LogP contribution in [-0.4, -0.2) is 20.4 Å². The van der Waals surface area contributed by atoms with Crippen molar-refractivity contribution in [3.63, 3.8) is 0 Å². The molecule has 1 atom stereocenters. The molecule has 138 valence electrons. The van der Waals surface area contributed by atoms with Crippen LogP contribution in [0.3, 0.4) is 0 Å². The Kier molecular flexibility index (Phi) is 5.18. The van der Waals surface area contributed by atoms with Crippen LogP contribution in [0.2, 0.25) is 5.02 Å². The molecule has 0 aliphatic heterocycles. The van der Waals surface area contributed by atoms with Crippen LogP contribution in [0, 0.1) is 15.9 Å². The van der Waals surface area contributed by atoms with Crippen molar-refractivity contribution in [3.8, 4) is 0 Å². The third-order valence-corrected chi connectivity index (χ3v) is 4.33. The first-order valence-corrected chi connectivity index (χ1v) is 8.22. The summed E-state index contributed by atoms with van der Waals surface area (Å²) in [4.78, 5) is 27.4. The van der Waals surface area contributed by atoms with Crippen LogP contribution in [-0.2, 0) is 7.05 Å². The van der Waals surface area contributed by atoms with E-state index in [9.17, 15) is 19.3 Å². The maximum atomic E-state index is 13.3. The molecule has 3 aromatic rings. The number of hydrogen-bond donors (Lipinski definition) is 1. The average molecular weight is 389 g/mol. The first-order valence-electron chi connectivity index (χ1n) is 7.84. The maximum absolute atomic E-state index is 13.3. The van der Waals surface area contributed by atoms with Crippen molar-refractivity contribution in [2.24, 2.45) is 7.05 Å². The van der Waals surface area contributed by atoms with Gasteiger partial charge in [-0.15, -0.1) is 0 Å². The number of nitrogens with zero attached hydrogens (tertiary/aromatic N) is 3. The van der Waals surface area contributed by atoms with Gasteiger partial charge in [0.15, 0.2) is 0 Å². The van der Waals surface area contributed by atoms with Crippen LogP contribution >= 0.6 is 11.6 Å². The van der Waals surface area contributed by atoms with Crippen LogP contribution in [0.1, 0.15) is 27.8 Å². The van der Waals surface area contributed by atoms with Crippen molar-refractivity contribution in [1.82, 2.24) is 14.9 Å². The number of rotatable bonds is 5. The van der Waals surface area contributed by atoms with E-state index in [1.165, 1.54) is 36.4 Å². The Balaban J connectivity index is 1.99. The van der Waals surface area contributed by atoms with Gasteiger partial charge in [-0.05, 0) is 23.8 Å². The molecule has 1 amide bonds.